The molecule has 100 valence electrons. The first-order valence-corrected chi connectivity index (χ1v) is 6.83. The number of carbonyl (C=O) groups excluding carboxylic acids is 1. The second kappa shape index (κ2) is 6.58. The maximum atomic E-state index is 11.1. The molecule has 0 heterocycles. The first-order valence-electron chi connectivity index (χ1n) is 6.83. The topological polar surface area (TPSA) is 43.1 Å². The number of rotatable bonds is 6. The second-order valence-electron chi connectivity index (χ2n) is 5.50. The molecule has 0 saturated carbocycles. The van der Waals surface area contributed by atoms with E-state index in [-0.39, 0.29) is 11.8 Å². The third-order valence-corrected chi connectivity index (χ3v) is 3.77. The van der Waals surface area contributed by atoms with Crippen molar-refractivity contribution in [2.45, 2.75) is 52.4 Å². The highest BCUT2D eigenvalue weighted by atomic mass is 16.1. The van der Waals surface area contributed by atoms with E-state index in [4.69, 9.17) is 5.73 Å². The lowest BCUT2D eigenvalue weighted by Crippen LogP contribution is -2.18. The van der Waals surface area contributed by atoms with E-state index < -0.39 is 0 Å². The van der Waals surface area contributed by atoms with Crippen LogP contribution in [0.4, 0.5) is 0 Å². The van der Waals surface area contributed by atoms with Crippen LogP contribution in [0.1, 0.15) is 63.5 Å². The van der Waals surface area contributed by atoms with Crippen LogP contribution in [0.3, 0.4) is 0 Å². The SMILES string of the molecule is CCC(C)c1ccc(C(CC(N)=O)C(C)C)cc1. The average Bonchev–Trinajstić information content (AvgIpc) is 2.34. The van der Waals surface area contributed by atoms with Gasteiger partial charge in [0.05, 0.1) is 0 Å². The standard InChI is InChI=1S/C16H25NO/c1-5-12(4)13-6-8-14(9-7-13)15(11(2)3)10-16(17)18/h6-9,11-12,15H,5,10H2,1-4H3,(H2,17,18). The minimum absolute atomic E-state index is 0.222. The van der Waals surface area contributed by atoms with Crippen molar-refractivity contribution in [1.82, 2.24) is 0 Å². The van der Waals surface area contributed by atoms with Crippen LogP contribution in [0.5, 0.6) is 0 Å². The molecule has 0 aliphatic carbocycles. The van der Waals surface area contributed by atoms with E-state index in [1.165, 1.54) is 11.1 Å². The Hall–Kier alpha value is -1.31. The summed E-state index contributed by atoms with van der Waals surface area (Å²) in [5.41, 5.74) is 7.91. The summed E-state index contributed by atoms with van der Waals surface area (Å²) in [6, 6.07) is 8.66. The zero-order valence-electron chi connectivity index (χ0n) is 11.9. The van der Waals surface area contributed by atoms with Crippen molar-refractivity contribution < 1.29 is 4.79 Å². The third-order valence-electron chi connectivity index (χ3n) is 3.77. The van der Waals surface area contributed by atoms with Crippen LogP contribution in [0.25, 0.3) is 0 Å². The fourth-order valence-corrected chi connectivity index (χ4v) is 2.26. The largest absolute Gasteiger partial charge is 0.370 e. The Morgan fingerprint density at radius 2 is 1.61 bits per heavy atom. The van der Waals surface area contributed by atoms with Gasteiger partial charge in [-0.15, -0.1) is 0 Å². The minimum atomic E-state index is -0.222. The molecular weight excluding hydrogens is 222 g/mol. The normalized spacial score (nSPS) is 14.5. The zero-order chi connectivity index (χ0) is 13.7. The summed E-state index contributed by atoms with van der Waals surface area (Å²) < 4.78 is 0. The van der Waals surface area contributed by atoms with Gasteiger partial charge >= 0.3 is 0 Å². The van der Waals surface area contributed by atoms with Crippen molar-refractivity contribution in [2.24, 2.45) is 11.7 Å². The van der Waals surface area contributed by atoms with Gasteiger partial charge in [0.1, 0.15) is 0 Å². The highest BCUT2D eigenvalue weighted by molar-refractivity contribution is 5.74. The Bertz CT molecular complexity index is 381. The molecule has 2 unspecified atom stereocenters. The second-order valence-corrected chi connectivity index (χ2v) is 5.50. The van der Waals surface area contributed by atoms with E-state index in [1.54, 1.807) is 0 Å². The number of amides is 1. The maximum Gasteiger partial charge on any atom is 0.218 e. The number of hydrogen-bond donors (Lipinski definition) is 1. The van der Waals surface area contributed by atoms with E-state index in [2.05, 4.69) is 52.0 Å². The minimum Gasteiger partial charge on any atom is -0.370 e. The molecule has 0 fully saturated rings. The Balaban J connectivity index is 2.90. The molecule has 2 N–H and O–H groups in total. The molecule has 1 rings (SSSR count). The molecule has 1 amide bonds. The molecule has 0 aromatic heterocycles. The Labute approximate surface area is 111 Å². The van der Waals surface area contributed by atoms with Crippen molar-refractivity contribution in [3.05, 3.63) is 35.4 Å². The van der Waals surface area contributed by atoms with Gasteiger partial charge in [-0.3, -0.25) is 4.79 Å². The lowest BCUT2D eigenvalue weighted by molar-refractivity contribution is -0.118. The lowest BCUT2D eigenvalue weighted by Gasteiger charge is -2.20. The molecule has 0 aliphatic rings. The summed E-state index contributed by atoms with van der Waals surface area (Å²) in [5, 5.41) is 0. The predicted octanol–water partition coefficient (Wildman–Crippen LogP) is 3.82. The fraction of sp³-hybridized carbons (Fsp3) is 0.562. The van der Waals surface area contributed by atoms with Crippen LogP contribution in [0, 0.1) is 5.92 Å². The van der Waals surface area contributed by atoms with Crippen LogP contribution < -0.4 is 5.73 Å². The molecule has 2 heteroatoms. The molecule has 1 aromatic rings. The predicted molar refractivity (Wildman–Crippen MR) is 76.5 cm³/mol. The van der Waals surface area contributed by atoms with Gasteiger partial charge in [0.25, 0.3) is 0 Å². The summed E-state index contributed by atoms with van der Waals surface area (Å²) in [4.78, 5) is 11.1. The number of nitrogens with two attached hydrogens (primary N) is 1. The van der Waals surface area contributed by atoms with E-state index in [9.17, 15) is 4.79 Å². The van der Waals surface area contributed by atoms with Crippen molar-refractivity contribution in [3.63, 3.8) is 0 Å². The van der Waals surface area contributed by atoms with Crippen LogP contribution in [0.15, 0.2) is 24.3 Å². The van der Waals surface area contributed by atoms with Gasteiger partial charge in [-0.2, -0.15) is 0 Å². The van der Waals surface area contributed by atoms with Crippen molar-refractivity contribution in [3.8, 4) is 0 Å². The molecular formula is C16H25NO. The Kier molecular flexibility index (Phi) is 5.39. The van der Waals surface area contributed by atoms with Gasteiger partial charge in [-0.1, -0.05) is 52.0 Å². The van der Waals surface area contributed by atoms with Gasteiger partial charge in [0, 0.05) is 6.42 Å². The van der Waals surface area contributed by atoms with Gasteiger partial charge in [-0.25, -0.2) is 0 Å². The number of hydrogen-bond acceptors (Lipinski definition) is 1. The first-order chi connectivity index (χ1) is 8.45. The lowest BCUT2D eigenvalue weighted by atomic mass is 9.84. The third kappa shape index (κ3) is 3.86. The van der Waals surface area contributed by atoms with Gasteiger partial charge in [0.15, 0.2) is 0 Å². The first kappa shape index (κ1) is 14.7. The van der Waals surface area contributed by atoms with E-state index in [1.807, 2.05) is 0 Å². The molecule has 0 spiro atoms. The summed E-state index contributed by atoms with van der Waals surface area (Å²) >= 11 is 0. The zero-order valence-corrected chi connectivity index (χ0v) is 11.9. The van der Waals surface area contributed by atoms with Crippen LogP contribution in [-0.4, -0.2) is 5.91 Å². The molecule has 0 radical (unpaired) electrons. The van der Waals surface area contributed by atoms with Crippen LogP contribution >= 0.6 is 0 Å². The molecule has 0 aliphatic heterocycles. The summed E-state index contributed by atoms with van der Waals surface area (Å²) in [7, 11) is 0. The van der Waals surface area contributed by atoms with Gasteiger partial charge < -0.3 is 5.73 Å². The van der Waals surface area contributed by atoms with E-state index in [0.717, 1.165) is 6.42 Å². The van der Waals surface area contributed by atoms with E-state index >= 15 is 0 Å². The number of carbonyl (C=O) groups is 1. The van der Waals surface area contributed by atoms with Gasteiger partial charge in [-0.05, 0) is 35.3 Å². The van der Waals surface area contributed by atoms with Crippen LogP contribution in [0.2, 0.25) is 0 Å². The summed E-state index contributed by atoms with van der Waals surface area (Å²) in [5.74, 6) is 1.02. The highest BCUT2D eigenvalue weighted by Gasteiger charge is 2.18. The smallest absolute Gasteiger partial charge is 0.218 e. The van der Waals surface area contributed by atoms with Gasteiger partial charge in [0.2, 0.25) is 5.91 Å². The van der Waals surface area contributed by atoms with Crippen molar-refractivity contribution in [1.29, 1.82) is 0 Å². The summed E-state index contributed by atoms with van der Waals surface area (Å²) in [6.07, 6.45) is 1.58. The summed E-state index contributed by atoms with van der Waals surface area (Å²) in [6.45, 7) is 8.70. The quantitative estimate of drug-likeness (QED) is 0.816. The monoisotopic (exact) mass is 247 g/mol. The molecule has 0 bridgehead atoms. The Morgan fingerprint density at radius 1 is 1.11 bits per heavy atom. The fourth-order valence-electron chi connectivity index (χ4n) is 2.26. The average molecular weight is 247 g/mol. The molecule has 2 atom stereocenters. The van der Waals surface area contributed by atoms with E-state index in [0.29, 0.717) is 18.3 Å². The molecule has 0 saturated heterocycles. The molecule has 2 nitrogen and oxygen atoms in total. The number of benzene rings is 1. The molecule has 18 heavy (non-hydrogen) atoms. The van der Waals surface area contributed by atoms with Crippen LogP contribution in [-0.2, 0) is 4.79 Å². The van der Waals surface area contributed by atoms with Crippen molar-refractivity contribution >= 4 is 5.91 Å². The highest BCUT2D eigenvalue weighted by Crippen LogP contribution is 2.29. The maximum absolute atomic E-state index is 11.1. The van der Waals surface area contributed by atoms with Crippen molar-refractivity contribution in [2.75, 3.05) is 0 Å². The molecule has 1 aromatic carbocycles. The Morgan fingerprint density at radius 3 is 2.00 bits per heavy atom. The number of primary amides is 1.